The van der Waals surface area contributed by atoms with Crippen LogP contribution in [-0.4, -0.2) is 70.7 Å². The monoisotopic (exact) mass is 977 g/mol. The summed E-state index contributed by atoms with van der Waals surface area (Å²) in [6.45, 7) is -0.623. The van der Waals surface area contributed by atoms with Crippen LogP contribution in [0, 0.1) is 41.2 Å². The molecule has 0 saturated heterocycles. The fraction of sp³-hybridized carbons (Fsp3) is 0.350. The van der Waals surface area contributed by atoms with Gasteiger partial charge in [0.2, 0.25) is 15.9 Å². The van der Waals surface area contributed by atoms with Gasteiger partial charge in [0.15, 0.2) is 21.3 Å². The molecule has 0 unspecified atom stereocenters. The second-order valence-corrected chi connectivity index (χ2v) is 20.4. The molecule has 0 spiro atoms. The number of amides is 1. The summed E-state index contributed by atoms with van der Waals surface area (Å²) in [5.74, 6) is -2.03. The number of pyridine rings is 1. The maximum absolute atomic E-state index is 15.6. The number of hydrogen-bond acceptors (Lipinski definition) is 8. The van der Waals surface area contributed by atoms with Crippen molar-refractivity contribution in [2.45, 2.75) is 68.3 Å². The van der Waals surface area contributed by atoms with Gasteiger partial charge in [0.1, 0.15) is 46.8 Å². The first-order valence-corrected chi connectivity index (χ1v) is 22.8. The number of benzene rings is 2. The van der Waals surface area contributed by atoms with Crippen LogP contribution in [0.5, 0.6) is 0 Å². The van der Waals surface area contributed by atoms with E-state index >= 15 is 8.78 Å². The Balaban J connectivity index is 1.45. The highest BCUT2D eigenvalue weighted by molar-refractivity contribution is 7.92. The van der Waals surface area contributed by atoms with Crippen LogP contribution in [0.2, 0.25) is 5.02 Å². The number of hydrogen-bond donors (Lipinski definition) is 2. The van der Waals surface area contributed by atoms with E-state index in [1.165, 1.54) is 32.0 Å². The molecule has 0 saturated carbocycles. The van der Waals surface area contributed by atoms with Crippen LogP contribution in [-0.2, 0) is 56.3 Å². The number of alkyl halides is 8. The minimum atomic E-state index is -5.26. The van der Waals surface area contributed by atoms with Crippen molar-refractivity contribution in [2.75, 3.05) is 17.2 Å². The molecule has 3 aromatic heterocycles. The lowest BCUT2D eigenvalue weighted by Crippen LogP contribution is -2.36. The summed E-state index contributed by atoms with van der Waals surface area (Å²) in [7, 11) is -8.08. The Labute approximate surface area is 367 Å². The third-order valence-corrected chi connectivity index (χ3v) is 13.2. The third-order valence-electron chi connectivity index (χ3n) is 10.4. The Morgan fingerprint density at radius 2 is 1.58 bits per heavy atom. The minimum Gasteiger partial charge on any atom is -0.346 e. The molecule has 3 atom stereocenters. The summed E-state index contributed by atoms with van der Waals surface area (Å²) in [6, 6.07) is 5.15. The van der Waals surface area contributed by atoms with Gasteiger partial charge in [0.05, 0.1) is 39.8 Å². The zero-order valence-electron chi connectivity index (χ0n) is 33.6. The SMILES string of the molecule is CC(C)(C#Cc1ccc(-c2ccc(Cl)c3c(NS(C)(=O)=O)nn(CC(F)(F)F)c23)c([C@H](Cc2cc(F)cc(F)c2)NC(=O)Cn2nc(C(F)(F)F)c3c2C(F)(F)[C@@H]2C#C[C@H]32)n1)S(C)(=O)=O. The summed E-state index contributed by atoms with van der Waals surface area (Å²) < 4.78 is 196. The number of fused-ring (bicyclic) bond motifs is 4. The number of halogens is 11. The largest absolute Gasteiger partial charge is 0.435 e. The fourth-order valence-electron chi connectivity index (χ4n) is 7.31. The summed E-state index contributed by atoms with van der Waals surface area (Å²) in [5.41, 5.74) is -5.62. The first-order valence-electron chi connectivity index (χ1n) is 18.6. The molecule has 3 heterocycles. The quantitative estimate of drug-likeness (QED) is 0.103. The Morgan fingerprint density at radius 3 is 2.15 bits per heavy atom. The van der Waals surface area contributed by atoms with Gasteiger partial charge in [-0.05, 0) is 62.1 Å². The van der Waals surface area contributed by atoms with E-state index in [1.807, 2.05) is 4.72 Å². The Morgan fingerprint density at radius 1 is 0.938 bits per heavy atom. The summed E-state index contributed by atoms with van der Waals surface area (Å²) in [4.78, 5) is 18.6. The summed E-state index contributed by atoms with van der Waals surface area (Å²) in [6.07, 6.45) is -9.33. The Bertz CT molecular complexity index is 3160. The highest BCUT2D eigenvalue weighted by Gasteiger charge is 2.62. The van der Waals surface area contributed by atoms with Gasteiger partial charge in [0, 0.05) is 29.0 Å². The van der Waals surface area contributed by atoms with E-state index in [-0.39, 0.29) is 37.5 Å². The second-order valence-electron chi connectivity index (χ2n) is 15.7. The third kappa shape index (κ3) is 9.33. The van der Waals surface area contributed by atoms with Crippen LogP contribution in [0.1, 0.15) is 59.7 Å². The number of anilines is 1. The first kappa shape index (κ1) is 47.1. The van der Waals surface area contributed by atoms with E-state index in [9.17, 15) is 56.8 Å². The summed E-state index contributed by atoms with van der Waals surface area (Å²) in [5, 5.41) is 8.95. The predicted octanol–water partition coefficient (Wildman–Crippen LogP) is 7.28. The number of carbonyl (C=O) groups excluding carboxylic acids is 1. The van der Waals surface area contributed by atoms with Crippen molar-refractivity contribution in [3.63, 3.8) is 0 Å². The average Bonchev–Trinajstić information content (AvgIpc) is 3.70. The molecule has 0 bridgehead atoms. The van der Waals surface area contributed by atoms with Crippen LogP contribution in [0.15, 0.2) is 42.5 Å². The van der Waals surface area contributed by atoms with Crippen molar-refractivity contribution in [3.8, 4) is 34.8 Å². The van der Waals surface area contributed by atoms with Crippen molar-refractivity contribution in [1.82, 2.24) is 29.9 Å². The highest BCUT2D eigenvalue weighted by atomic mass is 35.5. The molecule has 0 aliphatic heterocycles. The van der Waals surface area contributed by atoms with Gasteiger partial charge in [-0.15, -0.1) is 0 Å². The molecule has 2 aromatic carbocycles. The second kappa shape index (κ2) is 15.9. The number of nitrogens with zero attached hydrogens (tertiary/aromatic N) is 5. The number of aromatic nitrogens is 5. The molecule has 344 valence electrons. The smallest absolute Gasteiger partial charge is 0.346 e. The van der Waals surface area contributed by atoms with Crippen molar-refractivity contribution in [3.05, 3.63) is 93.0 Å². The van der Waals surface area contributed by atoms with Crippen LogP contribution in [0.4, 0.5) is 49.7 Å². The van der Waals surface area contributed by atoms with Gasteiger partial charge in [-0.25, -0.2) is 30.6 Å². The van der Waals surface area contributed by atoms with Crippen molar-refractivity contribution in [1.29, 1.82) is 0 Å². The number of sulfone groups is 1. The number of rotatable bonds is 11. The number of nitrogens with one attached hydrogen (secondary N) is 2. The molecule has 65 heavy (non-hydrogen) atoms. The van der Waals surface area contributed by atoms with E-state index in [0.29, 0.717) is 17.0 Å². The van der Waals surface area contributed by atoms with E-state index < -0.39 is 132 Å². The molecule has 12 nitrogen and oxygen atoms in total. The lowest BCUT2D eigenvalue weighted by atomic mass is 9.84. The molecule has 1 amide bonds. The van der Waals surface area contributed by atoms with Gasteiger partial charge < -0.3 is 5.32 Å². The molecular weight excluding hydrogens is 948 g/mol. The Hall–Kier alpha value is -5.85. The van der Waals surface area contributed by atoms with E-state index in [4.69, 9.17) is 11.6 Å². The molecule has 25 heteroatoms. The standard InChI is InChI=1S/C40H30ClF10N7O5S2/c1-37(2,64(3,60)61)12-11-22-5-6-23(24-8-10-27(41)31-33(24)58(18-38(44,45)46)55-36(31)56-65(4,62)63)32(52-22)28(15-19-13-20(42)16-21(43)14-19)53-29(59)17-57-35-30(34(54-57)40(49,50)51)25-7-9-26(25)39(35,47)48/h5-6,8,10,13-14,16,25-26,28H,15,17-18H2,1-4H3,(H,53,59)(H,55,56)/t25-,26+,28-/m0/s1. The molecular formula is C40H30ClF10N7O5S2. The maximum Gasteiger partial charge on any atom is 0.435 e. The zero-order chi connectivity index (χ0) is 48.0. The van der Waals surface area contributed by atoms with E-state index in [0.717, 1.165) is 24.5 Å². The van der Waals surface area contributed by atoms with Gasteiger partial charge in [-0.2, -0.15) is 45.3 Å². The average molecular weight is 978 g/mol. The van der Waals surface area contributed by atoms with Crippen LogP contribution in [0.3, 0.4) is 0 Å². The molecule has 0 radical (unpaired) electrons. The van der Waals surface area contributed by atoms with Gasteiger partial charge >= 0.3 is 18.3 Å². The van der Waals surface area contributed by atoms with Crippen molar-refractivity contribution >= 4 is 54.1 Å². The van der Waals surface area contributed by atoms with Gasteiger partial charge in [0.25, 0.3) is 0 Å². The number of carbonyl (C=O) groups is 1. The summed E-state index contributed by atoms with van der Waals surface area (Å²) >= 11 is 6.46. The van der Waals surface area contributed by atoms with Crippen LogP contribution < -0.4 is 10.0 Å². The minimum absolute atomic E-state index is 0.159. The fourth-order valence-corrected chi connectivity index (χ4v) is 8.29. The van der Waals surface area contributed by atoms with Gasteiger partial charge in [-0.3, -0.25) is 18.9 Å². The normalized spacial score (nSPS) is 17.3. The van der Waals surface area contributed by atoms with E-state index in [2.05, 4.69) is 44.2 Å². The molecule has 2 aliphatic carbocycles. The molecule has 0 fully saturated rings. The van der Waals surface area contributed by atoms with Crippen molar-refractivity contribution in [2.24, 2.45) is 5.92 Å². The zero-order valence-corrected chi connectivity index (χ0v) is 36.0. The van der Waals surface area contributed by atoms with E-state index in [1.54, 1.807) is 0 Å². The maximum atomic E-state index is 15.6. The first-order chi connectivity index (χ1) is 29.8. The lowest BCUT2D eigenvalue weighted by Gasteiger charge is -2.24. The molecule has 7 rings (SSSR count). The topological polar surface area (TPSA) is 158 Å². The van der Waals surface area contributed by atoms with Gasteiger partial charge in [-0.1, -0.05) is 35.4 Å². The Kier molecular flexibility index (Phi) is 11.6. The van der Waals surface area contributed by atoms with Crippen LogP contribution in [0.25, 0.3) is 22.0 Å². The number of sulfonamides is 1. The highest BCUT2D eigenvalue weighted by Crippen LogP contribution is 2.58. The molecule has 5 aromatic rings. The van der Waals surface area contributed by atoms with Crippen molar-refractivity contribution < 1.29 is 65.5 Å². The molecule has 2 aliphatic rings. The van der Waals surface area contributed by atoms with Crippen LogP contribution >= 0.6 is 11.6 Å². The molecule has 2 N–H and O–H groups in total. The predicted molar refractivity (Wildman–Crippen MR) is 214 cm³/mol. The lowest BCUT2D eigenvalue weighted by molar-refractivity contribution is -0.143.